The van der Waals surface area contributed by atoms with E-state index in [4.69, 9.17) is 0 Å². The van der Waals surface area contributed by atoms with Crippen LogP contribution >= 0.6 is 12.4 Å². The summed E-state index contributed by atoms with van der Waals surface area (Å²) in [6.45, 7) is 7.29. The second-order valence-electron chi connectivity index (χ2n) is 6.04. The Labute approximate surface area is 117 Å². The minimum atomic E-state index is -0.286. The lowest BCUT2D eigenvalue weighted by Crippen LogP contribution is -2.58. The number of nitrogens with zero attached hydrogens (tertiary/aromatic N) is 1. The summed E-state index contributed by atoms with van der Waals surface area (Å²) in [6, 6.07) is 0. The van der Waals surface area contributed by atoms with Crippen LogP contribution in [0.15, 0.2) is 0 Å². The number of halogens is 1. The molecule has 2 aliphatic heterocycles. The monoisotopic (exact) mass is 274 g/mol. The highest BCUT2D eigenvalue weighted by Crippen LogP contribution is 2.24. The molecule has 2 fully saturated rings. The number of amides is 1. The first kappa shape index (κ1) is 15.8. The van der Waals surface area contributed by atoms with Crippen molar-refractivity contribution in [1.29, 1.82) is 0 Å². The lowest BCUT2D eigenvalue weighted by molar-refractivity contribution is -0.138. The first-order valence-electron chi connectivity index (χ1n) is 7.16. The average Bonchev–Trinajstić information content (AvgIpc) is 2.54. The third kappa shape index (κ3) is 3.61. The van der Waals surface area contributed by atoms with Crippen molar-refractivity contribution in [2.45, 2.75) is 57.9 Å². The fourth-order valence-corrected chi connectivity index (χ4v) is 3.05. The molecule has 0 saturated carbocycles. The van der Waals surface area contributed by atoms with E-state index in [0.717, 1.165) is 32.0 Å². The highest BCUT2D eigenvalue weighted by Gasteiger charge is 2.37. The molecule has 0 spiro atoms. The molecule has 2 aliphatic rings. The topological polar surface area (TPSA) is 32.3 Å². The van der Waals surface area contributed by atoms with Gasteiger partial charge in [0, 0.05) is 13.1 Å². The number of piperidine rings is 1. The quantitative estimate of drug-likeness (QED) is 0.797. The van der Waals surface area contributed by atoms with Crippen LogP contribution in [0.25, 0.3) is 0 Å². The Morgan fingerprint density at radius 2 is 2.00 bits per heavy atom. The fraction of sp³-hybridized carbons (Fsp3) is 0.929. The number of nitrogens with one attached hydrogen (secondary N) is 1. The Balaban J connectivity index is 0.00000162. The summed E-state index contributed by atoms with van der Waals surface area (Å²) in [5.41, 5.74) is -0.286. The molecule has 0 aromatic heterocycles. The number of carbonyl (C=O) groups excluding carboxylic acids is 1. The molecule has 2 unspecified atom stereocenters. The van der Waals surface area contributed by atoms with Gasteiger partial charge in [0.1, 0.15) is 0 Å². The minimum absolute atomic E-state index is 0. The molecule has 0 aromatic rings. The Morgan fingerprint density at radius 3 is 2.67 bits per heavy atom. The molecule has 0 aromatic carbocycles. The zero-order chi connectivity index (χ0) is 12.3. The van der Waals surface area contributed by atoms with E-state index in [1.165, 1.54) is 32.1 Å². The summed E-state index contributed by atoms with van der Waals surface area (Å²) in [4.78, 5) is 14.7. The summed E-state index contributed by atoms with van der Waals surface area (Å²) in [7, 11) is 0. The Hall–Kier alpha value is -0.280. The van der Waals surface area contributed by atoms with Crippen molar-refractivity contribution < 1.29 is 4.79 Å². The van der Waals surface area contributed by atoms with E-state index in [0.29, 0.717) is 5.91 Å². The summed E-state index contributed by atoms with van der Waals surface area (Å²) in [6.07, 6.45) is 7.00. The molecule has 2 heterocycles. The first-order valence-corrected chi connectivity index (χ1v) is 7.16. The van der Waals surface area contributed by atoms with Crippen molar-refractivity contribution in [2.75, 3.05) is 19.6 Å². The van der Waals surface area contributed by atoms with Crippen molar-refractivity contribution in [1.82, 2.24) is 10.2 Å². The third-order valence-corrected chi connectivity index (χ3v) is 4.39. The van der Waals surface area contributed by atoms with Gasteiger partial charge in [-0.3, -0.25) is 4.79 Å². The third-order valence-electron chi connectivity index (χ3n) is 4.39. The van der Waals surface area contributed by atoms with Gasteiger partial charge in [0.2, 0.25) is 5.91 Å². The van der Waals surface area contributed by atoms with Crippen molar-refractivity contribution in [2.24, 2.45) is 5.92 Å². The second kappa shape index (κ2) is 6.76. The minimum Gasteiger partial charge on any atom is -0.341 e. The Bertz CT molecular complexity index is 277. The summed E-state index contributed by atoms with van der Waals surface area (Å²) in [5, 5.41) is 3.43. The maximum absolute atomic E-state index is 12.6. The van der Waals surface area contributed by atoms with Gasteiger partial charge in [0.25, 0.3) is 0 Å². The SMILES string of the molecule is CC1CCCN(C(=O)C2(C)CCCCN2)CC1.Cl. The molecule has 18 heavy (non-hydrogen) atoms. The van der Waals surface area contributed by atoms with Crippen LogP contribution in [0.1, 0.15) is 52.4 Å². The molecule has 0 radical (unpaired) electrons. The summed E-state index contributed by atoms with van der Waals surface area (Å²) in [5.74, 6) is 1.12. The summed E-state index contributed by atoms with van der Waals surface area (Å²) >= 11 is 0. The molecule has 0 aliphatic carbocycles. The van der Waals surface area contributed by atoms with E-state index in [1.807, 2.05) is 0 Å². The highest BCUT2D eigenvalue weighted by atomic mass is 35.5. The van der Waals surface area contributed by atoms with Gasteiger partial charge in [0.05, 0.1) is 5.54 Å². The smallest absolute Gasteiger partial charge is 0.242 e. The van der Waals surface area contributed by atoms with E-state index in [2.05, 4.69) is 24.1 Å². The van der Waals surface area contributed by atoms with Crippen LogP contribution in [0.5, 0.6) is 0 Å². The molecular formula is C14H27ClN2O. The number of carbonyl (C=O) groups is 1. The van der Waals surface area contributed by atoms with E-state index < -0.39 is 0 Å². The predicted octanol–water partition coefficient (Wildman–Crippen LogP) is 2.59. The highest BCUT2D eigenvalue weighted by molar-refractivity contribution is 5.86. The predicted molar refractivity (Wildman–Crippen MR) is 77.1 cm³/mol. The first-order chi connectivity index (χ1) is 8.12. The average molecular weight is 275 g/mol. The van der Waals surface area contributed by atoms with Crippen LogP contribution in [-0.2, 0) is 4.79 Å². The number of hydrogen-bond donors (Lipinski definition) is 1. The molecule has 2 rings (SSSR count). The largest absolute Gasteiger partial charge is 0.341 e. The van der Waals surface area contributed by atoms with Crippen molar-refractivity contribution >= 4 is 18.3 Å². The van der Waals surface area contributed by atoms with Crippen molar-refractivity contribution in [3.63, 3.8) is 0 Å². The molecule has 1 N–H and O–H groups in total. The lowest BCUT2D eigenvalue weighted by atomic mass is 9.89. The summed E-state index contributed by atoms with van der Waals surface area (Å²) < 4.78 is 0. The molecule has 1 amide bonds. The van der Waals surface area contributed by atoms with Gasteiger partial charge < -0.3 is 10.2 Å². The van der Waals surface area contributed by atoms with Crippen molar-refractivity contribution in [3.8, 4) is 0 Å². The van der Waals surface area contributed by atoms with Gasteiger partial charge >= 0.3 is 0 Å². The Morgan fingerprint density at radius 1 is 1.22 bits per heavy atom. The maximum Gasteiger partial charge on any atom is 0.242 e. The van der Waals surface area contributed by atoms with Crippen LogP contribution in [0.3, 0.4) is 0 Å². The molecule has 2 saturated heterocycles. The number of likely N-dealkylation sites (tertiary alicyclic amines) is 1. The zero-order valence-corrected chi connectivity index (χ0v) is 12.5. The molecular weight excluding hydrogens is 248 g/mol. The normalized spacial score (nSPS) is 33.4. The fourth-order valence-electron chi connectivity index (χ4n) is 3.05. The van der Waals surface area contributed by atoms with E-state index in [1.54, 1.807) is 0 Å². The second-order valence-corrected chi connectivity index (χ2v) is 6.04. The molecule has 4 heteroatoms. The number of hydrogen-bond acceptors (Lipinski definition) is 2. The van der Waals surface area contributed by atoms with E-state index in [-0.39, 0.29) is 17.9 Å². The number of rotatable bonds is 1. The molecule has 3 nitrogen and oxygen atoms in total. The van der Waals surface area contributed by atoms with Gasteiger partial charge in [0.15, 0.2) is 0 Å². The van der Waals surface area contributed by atoms with Crippen LogP contribution < -0.4 is 5.32 Å². The van der Waals surface area contributed by atoms with Gasteiger partial charge in [-0.1, -0.05) is 6.92 Å². The molecule has 106 valence electrons. The van der Waals surface area contributed by atoms with Crippen LogP contribution in [-0.4, -0.2) is 36.0 Å². The Kier molecular flexibility index (Phi) is 5.93. The molecule has 2 atom stereocenters. The van der Waals surface area contributed by atoms with Crippen LogP contribution in [0.4, 0.5) is 0 Å². The van der Waals surface area contributed by atoms with E-state index >= 15 is 0 Å². The van der Waals surface area contributed by atoms with Crippen LogP contribution in [0, 0.1) is 5.92 Å². The van der Waals surface area contributed by atoms with Gasteiger partial charge in [-0.25, -0.2) is 0 Å². The van der Waals surface area contributed by atoms with Gasteiger partial charge in [-0.15, -0.1) is 12.4 Å². The van der Waals surface area contributed by atoms with Crippen molar-refractivity contribution in [3.05, 3.63) is 0 Å². The zero-order valence-electron chi connectivity index (χ0n) is 11.7. The van der Waals surface area contributed by atoms with Crippen LogP contribution in [0.2, 0.25) is 0 Å². The van der Waals surface area contributed by atoms with Gasteiger partial charge in [-0.2, -0.15) is 0 Å². The maximum atomic E-state index is 12.6. The van der Waals surface area contributed by atoms with Gasteiger partial charge in [-0.05, 0) is 57.9 Å². The molecule has 0 bridgehead atoms. The van der Waals surface area contributed by atoms with E-state index in [9.17, 15) is 4.79 Å². The lowest BCUT2D eigenvalue weighted by Gasteiger charge is -2.37. The standard InChI is InChI=1S/C14H26N2O.ClH/c1-12-6-5-10-16(11-7-12)13(17)14(2)8-3-4-9-15-14;/h12,15H,3-11H2,1-2H3;1H.